The molecule has 204 valence electrons. The molecule has 4 rings (SSSR count). The molecule has 1 aromatic heterocycles. The Bertz CT molecular complexity index is 1290. The monoisotopic (exact) mass is 527 g/mol. The first-order valence-electron chi connectivity index (χ1n) is 12.9. The normalized spacial score (nSPS) is 14.0. The average Bonchev–Trinajstić information content (AvgIpc) is 2.93. The van der Waals surface area contributed by atoms with E-state index in [4.69, 9.17) is 19.3 Å². The third-order valence-electron chi connectivity index (χ3n) is 6.29. The Morgan fingerprint density at radius 1 is 1.11 bits per heavy atom. The second kappa shape index (κ2) is 13.4. The number of halogens is 1. The van der Waals surface area contributed by atoms with E-state index >= 15 is 4.39 Å². The number of fused-ring (bicyclic) bond motifs is 1. The van der Waals surface area contributed by atoms with Crippen molar-refractivity contribution in [3.8, 4) is 22.6 Å². The number of aromatic nitrogens is 1. The van der Waals surface area contributed by atoms with Gasteiger partial charge in [-0.2, -0.15) is 0 Å². The molecular formula is C28H34FN3O6. The number of nitrogens with zero attached hydrogens (tertiary/aromatic N) is 2. The first kappa shape index (κ1) is 27.6. The van der Waals surface area contributed by atoms with Gasteiger partial charge in [0.2, 0.25) is 5.91 Å². The number of ether oxygens (including phenoxy) is 3. The maximum atomic E-state index is 15.1. The highest BCUT2D eigenvalue weighted by Crippen LogP contribution is 2.30. The largest absolute Gasteiger partial charge is 0.491 e. The van der Waals surface area contributed by atoms with Crippen molar-refractivity contribution in [3.05, 3.63) is 58.6 Å². The molecule has 1 amide bonds. The molecule has 1 aliphatic heterocycles. The number of aliphatic hydroxyl groups is 1. The van der Waals surface area contributed by atoms with E-state index in [0.29, 0.717) is 50.0 Å². The van der Waals surface area contributed by atoms with Crippen LogP contribution in [0.15, 0.2) is 47.4 Å². The number of amides is 1. The molecule has 0 unspecified atom stereocenters. The Kier molecular flexibility index (Phi) is 9.69. The molecule has 1 fully saturated rings. The molecule has 0 saturated carbocycles. The summed E-state index contributed by atoms with van der Waals surface area (Å²) in [5.41, 5.74) is 0.554. The van der Waals surface area contributed by atoms with Gasteiger partial charge in [0.25, 0.3) is 0 Å². The zero-order chi connectivity index (χ0) is 26.9. The lowest BCUT2D eigenvalue weighted by Gasteiger charge is -2.26. The van der Waals surface area contributed by atoms with Gasteiger partial charge >= 0.3 is 0 Å². The van der Waals surface area contributed by atoms with Gasteiger partial charge < -0.3 is 29.2 Å². The van der Waals surface area contributed by atoms with E-state index < -0.39 is 11.2 Å². The quantitative estimate of drug-likeness (QED) is 0.373. The van der Waals surface area contributed by atoms with Crippen LogP contribution in [-0.2, 0) is 16.1 Å². The smallest absolute Gasteiger partial charge is 0.239 e. The highest BCUT2D eigenvalue weighted by atomic mass is 19.1. The fourth-order valence-electron chi connectivity index (χ4n) is 4.40. The number of aliphatic hydroxyl groups excluding tert-OH is 1. The number of carbonyl (C=O) groups excluding carboxylic acids is 1. The Labute approximate surface area is 220 Å². The molecule has 0 atom stereocenters. The van der Waals surface area contributed by atoms with Gasteiger partial charge in [0.15, 0.2) is 5.43 Å². The second-order valence-electron chi connectivity index (χ2n) is 9.02. The van der Waals surface area contributed by atoms with Crippen molar-refractivity contribution in [2.75, 3.05) is 59.2 Å². The van der Waals surface area contributed by atoms with Crippen LogP contribution in [0.2, 0.25) is 0 Å². The highest BCUT2D eigenvalue weighted by Gasteiger charge is 2.20. The van der Waals surface area contributed by atoms with Gasteiger partial charge in [-0.3, -0.25) is 14.5 Å². The molecular weight excluding hydrogens is 493 g/mol. The van der Waals surface area contributed by atoms with Crippen LogP contribution in [0, 0.1) is 5.82 Å². The zero-order valence-corrected chi connectivity index (χ0v) is 21.6. The van der Waals surface area contributed by atoms with Crippen LogP contribution in [0.3, 0.4) is 0 Å². The second-order valence-corrected chi connectivity index (χ2v) is 9.02. The number of benzene rings is 2. The van der Waals surface area contributed by atoms with Crippen LogP contribution in [0.4, 0.5) is 4.39 Å². The molecule has 10 heteroatoms. The van der Waals surface area contributed by atoms with E-state index in [-0.39, 0.29) is 42.1 Å². The lowest BCUT2D eigenvalue weighted by atomic mass is 10.0. The molecule has 2 N–H and O–H groups in total. The minimum absolute atomic E-state index is 0.115. The van der Waals surface area contributed by atoms with E-state index in [0.717, 1.165) is 19.5 Å². The molecule has 2 heterocycles. The fourth-order valence-corrected chi connectivity index (χ4v) is 4.40. The zero-order valence-electron chi connectivity index (χ0n) is 21.6. The maximum absolute atomic E-state index is 15.1. The van der Waals surface area contributed by atoms with Gasteiger partial charge in [-0.05, 0) is 36.2 Å². The fraction of sp³-hybridized carbons (Fsp3) is 0.429. The highest BCUT2D eigenvalue weighted by molar-refractivity contribution is 5.90. The van der Waals surface area contributed by atoms with E-state index in [2.05, 4.69) is 10.2 Å². The molecule has 38 heavy (non-hydrogen) atoms. The van der Waals surface area contributed by atoms with Crippen molar-refractivity contribution in [1.82, 2.24) is 14.8 Å². The molecule has 9 nitrogen and oxygen atoms in total. The van der Waals surface area contributed by atoms with Crippen molar-refractivity contribution < 1.29 is 28.5 Å². The van der Waals surface area contributed by atoms with Crippen LogP contribution in [0.25, 0.3) is 22.0 Å². The Balaban J connectivity index is 1.67. The molecule has 0 radical (unpaired) electrons. The summed E-state index contributed by atoms with van der Waals surface area (Å²) >= 11 is 0. The minimum atomic E-state index is -0.680. The minimum Gasteiger partial charge on any atom is -0.491 e. The van der Waals surface area contributed by atoms with Crippen LogP contribution in [-0.4, -0.2) is 79.7 Å². The molecule has 1 saturated heterocycles. The van der Waals surface area contributed by atoms with E-state index in [1.165, 1.54) is 12.1 Å². The van der Waals surface area contributed by atoms with Crippen LogP contribution in [0.1, 0.15) is 13.3 Å². The predicted octanol–water partition coefficient (Wildman–Crippen LogP) is 2.42. The van der Waals surface area contributed by atoms with E-state index in [1.807, 2.05) is 6.92 Å². The standard InChI is InChI=1S/C28H34FN3O6/c1-2-14-38-24-8-7-23(29)26-27(24)32(19-25(34)30-9-10-31-11-15-36-16-12-31)18-22(28(26)35)20-3-5-21(6-4-20)37-17-13-33/h3-8,18,33H,2,9-17,19H2,1H3,(H,30,34). The maximum Gasteiger partial charge on any atom is 0.239 e. The molecule has 3 aromatic rings. The summed E-state index contributed by atoms with van der Waals surface area (Å²) in [6, 6.07) is 9.45. The summed E-state index contributed by atoms with van der Waals surface area (Å²) < 4.78 is 33.3. The summed E-state index contributed by atoms with van der Waals surface area (Å²) in [7, 11) is 0. The summed E-state index contributed by atoms with van der Waals surface area (Å²) in [5.74, 6) is -0.0570. The van der Waals surface area contributed by atoms with Crippen molar-refractivity contribution in [2.24, 2.45) is 0 Å². The number of morpholine rings is 1. The van der Waals surface area contributed by atoms with Gasteiger partial charge in [-0.25, -0.2) is 4.39 Å². The molecule has 0 bridgehead atoms. The summed E-state index contributed by atoms with van der Waals surface area (Å²) in [6.07, 6.45) is 2.31. The molecule has 2 aromatic carbocycles. The van der Waals surface area contributed by atoms with Crippen LogP contribution < -0.4 is 20.2 Å². The lowest BCUT2D eigenvalue weighted by molar-refractivity contribution is -0.121. The third kappa shape index (κ3) is 6.69. The Hall–Kier alpha value is -3.47. The van der Waals surface area contributed by atoms with Gasteiger partial charge in [-0.15, -0.1) is 0 Å². The van der Waals surface area contributed by atoms with Crippen molar-refractivity contribution in [1.29, 1.82) is 0 Å². The third-order valence-corrected chi connectivity index (χ3v) is 6.29. The van der Waals surface area contributed by atoms with E-state index in [1.54, 1.807) is 35.0 Å². The number of hydrogen-bond acceptors (Lipinski definition) is 7. The average molecular weight is 528 g/mol. The Morgan fingerprint density at radius 3 is 2.58 bits per heavy atom. The first-order chi connectivity index (χ1) is 18.5. The summed E-state index contributed by atoms with van der Waals surface area (Å²) in [5, 5.41) is 11.8. The molecule has 0 spiro atoms. The number of rotatable bonds is 12. The first-order valence-corrected chi connectivity index (χ1v) is 12.9. The predicted molar refractivity (Wildman–Crippen MR) is 142 cm³/mol. The van der Waals surface area contributed by atoms with Crippen molar-refractivity contribution >= 4 is 16.8 Å². The summed E-state index contributed by atoms with van der Waals surface area (Å²) in [6.45, 7) is 6.43. The Morgan fingerprint density at radius 2 is 1.87 bits per heavy atom. The molecule has 1 aliphatic rings. The topological polar surface area (TPSA) is 102 Å². The summed E-state index contributed by atoms with van der Waals surface area (Å²) in [4.78, 5) is 28.7. The number of hydrogen-bond donors (Lipinski definition) is 2. The van der Waals surface area contributed by atoms with Gasteiger partial charge in [0, 0.05) is 37.9 Å². The van der Waals surface area contributed by atoms with Crippen molar-refractivity contribution in [3.63, 3.8) is 0 Å². The van der Waals surface area contributed by atoms with Gasteiger partial charge in [0.1, 0.15) is 30.5 Å². The van der Waals surface area contributed by atoms with Gasteiger partial charge in [-0.1, -0.05) is 19.1 Å². The number of nitrogens with one attached hydrogen (secondary N) is 1. The van der Waals surface area contributed by atoms with Gasteiger partial charge in [0.05, 0.1) is 37.3 Å². The SMILES string of the molecule is CCCOc1ccc(F)c2c(=O)c(-c3ccc(OCCO)cc3)cn(CC(=O)NCCN3CCOCC3)c12. The van der Waals surface area contributed by atoms with Crippen LogP contribution in [0.5, 0.6) is 11.5 Å². The number of pyridine rings is 1. The van der Waals surface area contributed by atoms with E-state index in [9.17, 15) is 9.59 Å². The number of carbonyl (C=O) groups is 1. The van der Waals surface area contributed by atoms with Crippen LogP contribution >= 0.6 is 0 Å². The lowest BCUT2D eigenvalue weighted by Crippen LogP contribution is -2.41. The van der Waals surface area contributed by atoms with Crippen molar-refractivity contribution in [2.45, 2.75) is 19.9 Å². The molecule has 0 aliphatic carbocycles.